The summed E-state index contributed by atoms with van der Waals surface area (Å²) >= 11 is 6.12. The first-order valence-electron chi connectivity index (χ1n) is 6.90. The number of pyridine rings is 1. The van der Waals surface area contributed by atoms with E-state index in [1.54, 1.807) is 26.4 Å². The van der Waals surface area contributed by atoms with Crippen molar-refractivity contribution in [2.75, 3.05) is 40.3 Å². The van der Waals surface area contributed by atoms with Crippen LogP contribution in [-0.4, -0.2) is 67.2 Å². The maximum atomic E-state index is 12.2. The smallest absolute Gasteiger partial charge is 0.281 e. The summed E-state index contributed by atoms with van der Waals surface area (Å²) in [4.78, 5) is 6.48. The van der Waals surface area contributed by atoms with Gasteiger partial charge < -0.3 is 0 Å². The lowest BCUT2D eigenvalue weighted by Crippen LogP contribution is -2.42. The van der Waals surface area contributed by atoms with Gasteiger partial charge in [-0.15, -0.1) is 0 Å². The van der Waals surface area contributed by atoms with E-state index in [4.69, 9.17) is 11.6 Å². The van der Waals surface area contributed by atoms with Gasteiger partial charge in [-0.1, -0.05) is 11.6 Å². The Balaban J connectivity index is 2.00. The van der Waals surface area contributed by atoms with Crippen molar-refractivity contribution in [1.29, 1.82) is 0 Å². The molecule has 1 aromatic heterocycles. The maximum absolute atomic E-state index is 12.2. The van der Waals surface area contributed by atoms with Crippen LogP contribution < -0.4 is 0 Å². The Kier molecular flexibility index (Phi) is 5.56. The number of hydrogen-bond donors (Lipinski definition) is 0. The molecule has 0 atom stereocenters. The van der Waals surface area contributed by atoms with Crippen molar-refractivity contribution >= 4 is 21.8 Å². The van der Waals surface area contributed by atoms with Crippen LogP contribution in [0.25, 0.3) is 0 Å². The molecule has 118 valence electrons. The van der Waals surface area contributed by atoms with Crippen molar-refractivity contribution in [1.82, 2.24) is 18.5 Å². The van der Waals surface area contributed by atoms with Gasteiger partial charge in [0, 0.05) is 46.5 Å². The zero-order valence-electron chi connectivity index (χ0n) is 12.4. The van der Waals surface area contributed by atoms with Gasteiger partial charge in [0.2, 0.25) is 0 Å². The van der Waals surface area contributed by atoms with E-state index in [1.807, 2.05) is 6.07 Å². The molecule has 2 rings (SSSR count). The molecule has 0 amide bonds. The molecule has 6 nitrogen and oxygen atoms in total. The van der Waals surface area contributed by atoms with Gasteiger partial charge in [-0.05, 0) is 25.1 Å². The van der Waals surface area contributed by atoms with Gasteiger partial charge >= 0.3 is 0 Å². The van der Waals surface area contributed by atoms with Crippen molar-refractivity contribution in [2.24, 2.45) is 0 Å². The van der Waals surface area contributed by atoms with Gasteiger partial charge in [-0.3, -0.25) is 9.88 Å². The molecule has 1 fully saturated rings. The third kappa shape index (κ3) is 4.14. The van der Waals surface area contributed by atoms with E-state index >= 15 is 0 Å². The van der Waals surface area contributed by atoms with Gasteiger partial charge in [0.15, 0.2) is 0 Å². The quantitative estimate of drug-likeness (QED) is 0.827. The number of aromatic nitrogens is 1. The zero-order valence-corrected chi connectivity index (χ0v) is 13.9. The Morgan fingerprint density at radius 1 is 1.29 bits per heavy atom. The highest BCUT2D eigenvalue weighted by atomic mass is 35.5. The van der Waals surface area contributed by atoms with Gasteiger partial charge in [0.1, 0.15) is 0 Å². The molecule has 0 aromatic carbocycles. The average molecular weight is 333 g/mol. The molecule has 1 saturated heterocycles. The Bertz CT molecular complexity index is 579. The van der Waals surface area contributed by atoms with Crippen LogP contribution in [0.4, 0.5) is 0 Å². The standard InChI is InChI=1S/C13H21ClN4O2S/c1-16(2)21(19,20)18-8-4-7-17(9-10-18)11-13-12(14)5-3-6-15-13/h3,5-6H,4,7-11H2,1-2H3. The summed E-state index contributed by atoms with van der Waals surface area (Å²) in [5, 5.41) is 0.652. The molecule has 21 heavy (non-hydrogen) atoms. The number of hydrogen-bond acceptors (Lipinski definition) is 4. The lowest BCUT2D eigenvalue weighted by atomic mass is 10.3. The molecule has 1 aromatic rings. The van der Waals surface area contributed by atoms with Crippen molar-refractivity contribution in [3.63, 3.8) is 0 Å². The summed E-state index contributed by atoms with van der Waals surface area (Å²) in [7, 11) is -0.207. The molecule has 0 spiro atoms. The van der Waals surface area contributed by atoms with Crippen LogP contribution in [0.15, 0.2) is 18.3 Å². The topological polar surface area (TPSA) is 56.8 Å². The normalized spacial score (nSPS) is 18.9. The zero-order chi connectivity index (χ0) is 15.5. The summed E-state index contributed by atoms with van der Waals surface area (Å²) in [5.74, 6) is 0. The van der Waals surface area contributed by atoms with Crippen LogP contribution in [-0.2, 0) is 16.8 Å². The molecule has 1 aliphatic rings. The molecule has 8 heteroatoms. The second-order valence-corrected chi connectivity index (χ2v) is 7.80. The molecule has 0 N–H and O–H groups in total. The minimum atomic E-state index is -3.33. The van der Waals surface area contributed by atoms with Crippen LogP contribution in [0.1, 0.15) is 12.1 Å². The third-order valence-corrected chi connectivity index (χ3v) is 5.83. The van der Waals surface area contributed by atoms with Crippen LogP contribution in [0, 0.1) is 0 Å². The Hall–Kier alpha value is -0.730. The maximum Gasteiger partial charge on any atom is 0.281 e. The molecule has 0 aliphatic carbocycles. The van der Waals surface area contributed by atoms with Crippen molar-refractivity contribution < 1.29 is 8.42 Å². The molecule has 0 saturated carbocycles. The van der Waals surface area contributed by atoms with Gasteiger partial charge in [0.25, 0.3) is 10.2 Å². The van der Waals surface area contributed by atoms with E-state index in [0.29, 0.717) is 31.2 Å². The van der Waals surface area contributed by atoms with Crippen LogP contribution >= 0.6 is 11.6 Å². The fourth-order valence-corrected chi connectivity index (χ4v) is 3.63. The molecular weight excluding hydrogens is 312 g/mol. The van der Waals surface area contributed by atoms with Gasteiger partial charge in [-0.2, -0.15) is 17.0 Å². The predicted octanol–water partition coefficient (Wildman–Crippen LogP) is 1.05. The monoisotopic (exact) mass is 332 g/mol. The molecule has 0 unspecified atom stereocenters. The summed E-state index contributed by atoms with van der Waals surface area (Å²) in [6, 6.07) is 3.63. The Labute approximate surface area is 131 Å². The van der Waals surface area contributed by atoms with E-state index in [9.17, 15) is 8.42 Å². The minimum absolute atomic E-state index is 0.491. The number of nitrogens with zero attached hydrogens (tertiary/aromatic N) is 4. The highest BCUT2D eigenvalue weighted by Crippen LogP contribution is 2.16. The first-order valence-corrected chi connectivity index (χ1v) is 8.68. The van der Waals surface area contributed by atoms with Crippen molar-refractivity contribution in [3.8, 4) is 0 Å². The van der Waals surface area contributed by atoms with Crippen molar-refractivity contribution in [2.45, 2.75) is 13.0 Å². The van der Waals surface area contributed by atoms with Crippen LogP contribution in [0.2, 0.25) is 5.02 Å². The number of halogens is 1. The van der Waals surface area contributed by atoms with Crippen LogP contribution in [0.5, 0.6) is 0 Å². The second kappa shape index (κ2) is 7.02. The molecule has 1 aliphatic heterocycles. The van der Waals surface area contributed by atoms with Gasteiger partial charge in [-0.25, -0.2) is 0 Å². The SMILES string of the molecule is CN(C)S(=O)(=O)N1CCCN(Cc2ncccc2Cl)CC1. The lowest BCUT2D eigenvalue weighted by molar-refractivity contribution is 0.274. The molecule has 0 bridgehead atoms. The Morgan fingerprint density at radius 2 is 2.05 bits per heavy atom. The van der Waals surface area contributed by atoms with Gasteiger partial charge in [0.05, 0.1) is 10.7 Å². The first-order chi connectivity index (χ1) is 9.91. The highest BCUT2D eigenvalue weighted by molar-refractivity contribution is 7.86. The summed E-state index contributed by atoms with van der Waals surface area (Å²) in [6.07, 6.45) is 2.53. The summed E-state index contributed by atoms with van der Waals surface area (Å²) in [5.41, 5.74) is 0.836. The second-order valence-electron chi connectivity index (χ2n) is 5.25. The van der Waals surface area contributed by atoms with Crippen LogP contribution in [0.3, 0.4) is 0 Å². The van der Waals surface area contributed by atoms with E-state index < -0.39 is 10.2 Å². The Morgan fingerprint density at radius 3 is 2.71 bits per heavy atom. The summed E-state index contributed by atoms with van der Waals surface area (Å²) in [6.45, 7) is 3.21. The number of rotatable bonds is 4. The lowest BCUT2D eigenvalue weighted by Gasteiger charge is -2.24. The highest BCUT2D eigenvalue weighted by Gasteiger charge is 2.27. The average Bonchev–Trinajstić information content (AvgIpc) is 2.67. The largest absolute Gasteiger partial charge is 0.296 e. The first kappa shape index (κ1) is 16.6. The van der Waals surface area contributed by atoms with Crippen molar-refractivity contribution in [3.05, 3.63) is 29.0 Å². The van der Waals surface area contributed by atoms with E-state index in [0.717, 1.165) is 18.7 Å². The predicted molar refractivity (Wildman–Crippen MR) is 83.3 cm³/mol. The molecule has 0 radical (unpaired) electrons. The molecular formula is C13H21ClN4O2S. The fraction of sp³-hybridized carbons (Fsp3) is 0.615. The van der Waals surface area contributed by atoms with E-state index in [2.05, 4.69) is 9.88 Å². The fourth-order valence-electron chi connectivity index (χ4n) is 2.31. The van der Waals surface area contributed by atoms with E-state index in [-0.39, 0.29) is 0 Å². The third-order valence-electron chi connectivity index (χ3n) is 3.54. The van der Waals surface area contributed by atoms with E-state index in [1.165, 1.54) is 8.61 Å². The summed E-state index contributed by atoms with van der Waals surface area (Å²) < 4.78 is 27.1. The minimum Gasteiger partial charge on any atom is -0.296 e. The molecule has 2 heterocycles.